The Morgan fingerprint density at radius 2 is 1.78 bits per heavy atom. The number of carbonyl (C=O) groups excluding carboxylic acids is 2. The third-order valence-electron chi connectivity index (χ3n) is 7.74. The van der Waals surface area contributed by atoms with Gasteiger partial charge in [0.1, 0.15) is 17.6 Å². The van der Waals surface area contributed by atoms with Crippen molar-refractivity contribution in [3.63, 3.8) is 0 Å². The molecular formula is C33H39N3O5. The summed E-state index contributed by atoms with van der Waals surface area (Å²) in [4.78, 5) is 30.2. The fraction of sp³-hybridized carbons (Fsp3) is 0.394. The van der Waals surface area contributed by atoms with E-state index in [0.717, 1.165) is 29.9 Å². The molecule has 2 N–H and O–H groups in total. The van der Waals surface area contributed by atoms with Gasteiger partial charge in [-0.3, -0.25) is 14.5 Å². The third kappa shape index (κ3) is 7.07. The molecule has 8 nitrogen and oxygen atoms in total. The van der Waals surface area contributed by atoms with Crippen molar-refractivity contribution >= 4 is 17.5 Å². The molecule has 3 atom stereocenters. The van der Waals surface area contributed by atoms with Crippen LogP contribution in [0.25, 0.3) is 0 Å². The highest BCUT2D eigenvalue weighted by Crippen LogP contribution is 2.37. The predicted molar refractivity (Wildman–Crippen MR) is 158 cm³/mol. The molecule has 0 unspecified atom stereocenters. The molecule has 2 aliphatic rings. The number of ether oxygens (including phenoxy) is 2. The minimum absolute atomic E-state index is 0.0198. The van der Waals surface area contributed by atoms with Gasteiger partial charge in [0.15, 0.2) is 5.75 Å². The molecule has 41 heavy (non-hydrogen) atoms. The van der Waals surface area contributed by atoms with Gasteiger partial charge < -0.3 is 24.8 Å². The van der Waals surface area contributed by atoms with Crippen LogP contribution in [0.1, 0.15) is 42.6 Å². The lowest BCUT2D eigenvalue weighted by Gasteiger charge is -2.38. The molecule has 1 fully saturated rings. The summed E-state index contributed by atoms with van der Waals surface area (Å²) in [5, 5.41) is 12.9. The first-order valence-electron chi connectivity index (χ1n) is 14.3. The maximum Gasteiger partial charge on any atom is 0.258 e. The molecule has 216 valence electrons. The lowest BCUT2D eigenvalue weighted by molar-refractivity contribution is -0.117. The Kier molecular flexibility index (Phi) is 8.90. The number of hydrogen-bond acceptors (Lipinski definition) is 6. The second-order valence-corrected chi connectivity index (χ2v) is 11.3. The van der Waals surface area contributed by atoms with E-state index in [-0.39, 0.29) is 42.4 Å². The van der Waals surface area contributed by atoms with Gasteiger partial charge in [0.2, 0.25) is 5.91 Å². The van der Waals surface area contributed by atoms with Crippen molar-refractivity contribution in [2.45, 2.75) is 45.4 Å². The number of likely N-dealkylation sites (N-methyl/N-ethyl adjacent to an activating group) is 1. The van der Waals surface area contributed by atoms with Crippen LogP contribution < -0.4 is 14.8 Å². The Balaban J connectivity index is 1.34. The van der Waals surface area contributed by atoms with Gasteiger partial charge in [-0.25, -0.2) is 0 Å². The minimum Gasteiger partial charge on any atom is -0.486 e. The molecule has 8 heteroatoms. The minimum atomic E-state index is -0.351. The van der Waals surface area contributed by atoms with E-state index >= 15 is 0 Å². The van der Waals surface area contributed by atoms with E-state index in [1.165, 1.54) is 0 Å². The van der Waals surface area contributed by atoms with Crippen LogP contribution in [0.15, 0.2) is 72.8 Å². The number of rotatable bonds is 10. The van der Waals surface area contributed by atoms with Crippen molar-refractivity contribution in [2.24, 2.45) is 11.8 Å². The Bertz CT molecular complexity index is 1340. The summed E-state index contributed by atoms with van der Waals surface area (Å²) in [6.45, 7) is 5.51. The van der Waals surface area contributed by atoms with E-state index in [2.05, 4.69) is 29.3 Å². The summed E-state index contributed by atoms with van der Waals surface area (Å²) in [6, 6.07) is 22.7. The van der Waals surface area contributed by atoms with Gasteiger partial charge in [-0.1, -0.05) is 43.3 Å². The van der Waals surface area contributed by atoms with E-state index in [4.69, 9.17) is 9.47 Å². The predicted octanol–water partition coefficient (Wildman–Crippen LogP) is 5.18. The van der Waals surface area contributed by atoms with Crippen molar-refractivity contribution in [3.8, 4) is 17.2 Å². The largest absolute Gasteiger partial charge is 0.486 e. The van der Waals surface area contributed by atoms with Crippen molar-refractivity contribution in [1.82, 2.24) is 9.80 Å². The van der Waals surface area contributed by atoms with Gasteiger partial charge >= 0.3 is 0 Å². The number of aliphatic hydroxyl groups is 1. The Morgan fingerprint density at radius 3 is 2.46 bits per heavy atom. The summed E-state index contributed by atoms with van der Waals surface area (Å²) in [5.41, 5.74) is 2.04. The number of benzene rings is 3. The number of nitrogens with one attached hydrogen (secondary N) is 1. The maximum absolute atomic E-state index is 13.6. The van der Waals surface area contributed by atoms with E-state index < -0.39 is 0 Å². The van der Waals surface area contributed by atoms with Crippen molar-refractivity contribution in [3.05, 3.63) is 83.9 Å². The van der Waals surface area contributed by atoms with Crippen LogP contribution in [-0.4, -0.2) is 65.6 Å². The first kappa shape index (κ1) is 28.6. The highest BCUT2D eigenvalue weighted by atomic mass is 16.5. The first-order chi connectivity index (χ1) is 19.8. The van der Waals surface area contributed by atoms with E-state index in [0.29, 0.717) is 36.6 Å². The van der Waals surface area contributed by atoms with Crippen LogP contribution in [0.3, 0.4) is 0 Å². The van der Waals surface area contributed by atoms with Crippen LogP contribution in [0.4, 0.5) is 5.69 Å². The van der Waals surface area contributed by atoms with Gasteiger partial charge in [0.25, 0.3) is 5.91 Å². The number of para-hydroxylation sites is 2. The highest BCUT2D eigenvalue weighted by molar-refractivity contribution is 6.02. The molecule has 2 amide bonds. The average molecular weight is 558 g/mol. The van der Waals surface area contributed by atoms with Gasteiger partial charge in [-0.15, -0.1) is 0 Å². The normalized spacial score (nSPS) is 19.5. The standard InChI is InChI=1S/C33H39N3O5/c1-22-18-36(23(2)21-37)33(39)28-10-7-11-29(34-32(38)25-14-15-25)31(28)41-30(22)20-35(3)19-24-12-16-27(17-13-24)40-26-8-5-4-6-9-26/h4-13,16-17,22-23,25,30,37H,14-15,18-21H2,1-3H3,(H,34,38)/t22-,23+,30-/m1/s1. The molecule has 0 radical (unpaired) electrons. The Labute approximate surface area is 241 Å². The first-order valence-corrected chi connectivity index (χ1v) is 14.3. The zero-order valence-electron chi connectivity index (χ0n) is 24.0. The van der Waals surface area contributed by atoms with E-state index in [9.17, 15) is 14.7 Å². The molecule has 5 rings (SSSR count). The fourth-order valence-electron chi connectivity index (χ4n) is 5.11. The van der Waals surface area contributed by atoms with E-state index in [1.807, 2.05) is 56.4 Å². The van der Waals surface area contributed by atoms with Crippen LogP contribution >= 0.6 is 0 Å². The van der Waals surface area contributed by atoms with Gasteiger partial charge in [-0.05, 0) is 68.8 Å². The van der Waals surface area contributed by atoms with Crippen LogP contribution in [-0.2, 0) is 11.3 Å². The smallest absolute Gasteiger partial charge is 0.258 e. The van der Waals surface area contributed by atoms with Gasteiger partial charge in [0, 0.05) is 31.5 Å². The number of amides is 2. The van der Waals surface area contributed by atoms with Gasteiger partial charge in [0.05, 0.1) is 23.9 Å². The topological polar surface area (TPSA) is 91.3 Å². The van der Waals surface area contributed by atoms with E-state index in [1.54, 1.807) is 23.1 Å². The molecule has 1 heterocycles. The van der Waals surface area contributed by atoms with Crippen molar-refractivity contribution in [1.29, 1.82) is 0 Å². The molecule has 0 aromatic heterocycles. The zero-order chi connectivity index (χ0) is 28.9. The average Bonchev–Trinajstić information content (AvgIpc) is 3.82. The summed E-state index contributed by atoms with van der Waals surface area (Å²) >= 11 is 0. The van der Waals surface area contributed by atoms with Crippen LogP contribution in [0.5, 0.6) is 17.2 Å². The number of carbonyl (C=O) groups is 2. The molecule has 3 aromatic carbocycles. The molecule has 3 aromatic rings. The highest BCUT2D eigenvalue weighted by Gasteiger charge is 2.36. The third-order valence-corrected chi connectivity index (χ3v) is 7.74. The molecule has 0 bridgehead atoms. The van der Waals surface area contributed by atoms with Crippen molar-refractivity contribution in [2.75, 3.05) is 32.1 Å². The van der Waals surface area contributed by atoms with Gasteiger partial charge in [-0.2, -0.15) is 0 Å². The maximum atomic E-state index is 13.6. The molecule has 1 saturated carbocycles. The Morgan fingerprint density at radius 1 is 1.07 bits per heavy atom. The number of nitrogens with zero attached hydrogens (tertiary/aromatic N) is 2. The molecule has 0 saturated heterocycles. The molecule has 0 spiro atoms. The number of aliphatic hydroxyl groups excluding tert-OH is 1. The molecule has 1 aliphatic heterocycles. The number of anilines is 1. The number of hydrogen-bond donors (Lipinski definition) is 2. The summed E-state index contributed by atoms with van der Waals surface area (Å²) in [6.07, 6.45) is 1.50. The monoisotopic (exact) mass is 557 g/mol. The van der Waals surface area contributed by atoms with Crippen LogP contribution in [0, 0.1) is 11.8 Å². The number of fused-ring (bicyclic) bond motifs is 1. The summed E-state index contributed by atoms with van der Waals surface area (Å²) < 4.78 is 12.5. The molecular weight excluding hydrogens is 518 g/mol. The lowest BCUT2D eigenvalue weighted by atomic mass is 9.98. The second kappa shape index (κ2) is 12.7. The van der Waals surface area contributed by atoms with Crippen LogP contribution in [0.2, 0.25) is 0 Å². The summed E-state index contributed by atoms with van der Waals surface area (Å²) in [5.74, 6) is 1.71. The SMILES string of the molecule is C[C@@H]1CN([C@@H](C)CO)C(=O)c2cccc(NC(=O)C3CC3)c2O[C@@H]1CN(C)Cc1ccc(Oc2ccccc2)cc1. The van der Waals surface area contributed by atoms with Crippen molar-refractivity contribution < 1.29 is 24.2 Å². The molecule has 1 aliphatic carbocycles. The Hall–Kier alpha value is -3.88. The second-order valence-electron chi connectivity index (χ2n) is 11.3. The quantitative estimate of drug-likeness (QED) is 0.357. The fourth-order valence-corrected chi connectivity index (χ4v) is 5.11. The zero-order valence-corrected chi connectivity index (χ0v) is 24.0. The lowest BCUT2D eigenvalue weighted by Crippen LogP contribution is -2.49. The summed E-state index contributed by atoms with van der Waals surface area (Å²) in [7, 11) is 2.05.